The number of benzene rings is 2. The van der Waals surface area contributed by atoms with Gasteiger partial charge in [0.1, 0.15) is 5.75 Å². The highest BCUT2D eigenvalue weighted by molar-refractivity contribution is 6.27. The summed E-state index contributed by atoms with van der Waals surface area (Å²) in [7, 11) is 0. The molecule has 0 atom stereocenters. The van der Waals surface area contributed by atoms with Crippen LogP contribution < -0.4 is 5.32 Å². The van der Waals surface area contributed by atoms with E-state index in [1.54, 1.807) is 12.1 Å². The molecule has 0 unspecified atom stereocenters. The highest BCUT2D eigenvalue weighted by atomic mass is 16.4. The Hall–Kier alpha value is -2.86. The number of hydrogen-bond acceptors (Lipinski definition) is 4. The van der Waals surface area contributed by atoms with E-state index in [1.807, 2.05) is 12.1 Å². The van der Waals surface area contributed by atoms with Crippen molar-refractivity contribution in [3.05, 3.63) is 65.2 Å². The van der Waals surface area contributed by atoms with Gasteiger partial charge in [-0.2, -0.15) is 0 Å². The summed E-state index contributed by atoms with van der Waals surface area (Å²) in [6, 6.07) is 15.8. The zero-order chi connectivity index (χ0) is 17.2. The van der Waals surface area contributed by atoms with Crippen molar-refractivity contribution in [2.45, 2.75) is 20.0 Å². The molecule has 0 aliphatic rings. The van der Waals surface area contributed by atoms with E-state index >= 15 is 0 Å². The lowest BCUT2D eigenvalue weighted by Gasteiger charge is -2.05. The van der Waals surface area contributed by atoms with Gasteiger partial charge in [0.25, 0.3) is 0 Å². The molecule has 0 aliphatic carbocycles. The van der Waals surface area contributed by atoms with E-state index in [9.17, 15) is 0 Å². The van der Waals surface area contributed by atoms with E-state index in [1.165, 1.54) is 16.7 Å². The summed E-state index contributed by atoms with van der Waals surface area (Å²) < 4.78 is 0. The fourth-order valence-electron chi connectivity index (χ4n) is 1.67. The van der Waals surface area contributed by atoms with E-state index in [2.05, 4.69) is 36.5 Å². The number of hydrogen-bond donors (Lipinski definition) is 4. The summed E-state index contributed by atoms with van der Waals surface area (Å²) >= 11 is 0. The third-order valence-electron chi connectivity index (χ3n) is 2.90. The smallest absolute Gasteiger partial charge is 0.414 e. The predicted molar refractivity (Wildman–Crippen MR) is 85.1 cm³/mol. The third kappa shape index (κ3) is 7.63. The zero-order valence-electron chi connectivity index (χ0n) is 12.7. The highest BCUT2D eigenvalue weighted by Gasteiger charge is 2.04. The van der Waals surface area contributed by atoms with Crippen molar-refractivity contribution in [1.82, 2.24) is 5.32 Å². The second-order valence-corrected chi connectivity index (χ2v) is 4.87. The van der Waals surface area contributed by atoms with Crippen molar-refractivity contribution in [1.29, 1.82) is 0 Å². The van der Waals surface area contributed by atoms with Gasteiger partial charge >= 0.3 is 11.9 Å². The van der Waals surface area contributed by atoms with E-state index in [0.717, 1.165) is 13.1 Å². The molecule has 4 N–H and O–H groups in total. The number of aryl methyl sites for hydroxylation is 1. The molecule has 0 fully saturated rings. The van der Waals surface area contributed by atoms with Gasteiger partial charge in [0.2, 0.25) is 0 Å². The van der Waals surface area contributed by atoms with E-state index < -0.39 is 11.9 Å². The topological polar surface area (TPSA) is 107 Å². The van der Waals surface area contributed by atoms with Crippen LogP contribution >= 0.6 is 0 Å². The lowest BCUT2D eigenvalue weighted by atomic mass is 10.1. The third-order valence-corrected chi connectivity index (χ3v) is 2.90. The molecule has 0 bridgehead atoms. The lowest BCUT2D eigenvalue weighted by molar-refractivity contribution is -0.159. The molecule has 2 aromatic rings. The molecule has 0 radical (unpaired) electrons. The number of nitrogens with one attached hydrogen (secondary N) is 1. The first-order valence-corrected chi connectivity index (χ1v) is 6.89. The molecule has 0 saturated carbocycles. The quantitative estimate of drug-likeness (QED) is 0.644. The second kappa shape index (κ2) is 9.22. The van der Waals surface area contributed by atoms with Crippen molar-refractivity contribution >= 4 is 11.9 Å². The average molecular weight is 317 g/mol. The van der Waals surface area contributed by atoms with Crippen molar-refractivity contribution in [2.24, 2.45) is 0 Å². The lowest BCUT2D eigenvalue weighted by Crippen LogP contribution is -2.12. The Kier molecular flexibility index (Phi) is 7.29. The SMILES string of the molecule is Cc1ccc(CNCc2ccc(O)cc2)cc1.O=C(O)C(=O)O. The maximum Gasteiger partial charge on any atom is 0.414 e. The largest absolute Gasteiger partial charge is 0.508 e. The number of aromatic hydroxyl groups is 1. The second-order valence-electron chi connectivity index (χ2n) is 4.87. The number of rotatable bonds is 4. The Bertz CT molecular complexity index is 578. The highest BCUT2D eigenvalue weighted by Crippen LogP contribution is 2.09. The minimum absolute atomic E-state index is 0.312. The molecule has 23 heavy (non-hydrogen) atoms. The Morgan fingerprint density at radius 2 is 1.22 bits per heavy atom. The molecule has 0 aromatic heterocycles. The van der Waals surface area contributed by atoms with Crippen molar-refractivity contribution in [3.8, 4) is 5.75 Å². The van der Waals surface area contributed by atoms with Crippen LogP contribution in [0.15, 0.2) is 48.5 Å². The minimum atomic E-state index is -1.82. The normalized spacial score (nSPS) is 9.61. The van der Waals surface area contributed by atoms with Gasteiger partial charge < -0.3 is 20.6 Å². The van der Waals surface area contributed by atoms with Crippen LogP contribution in [0.25, 0.3) is 0 Å². The monoisotopic (exact) mass is 317 g/mol. The van der Waals surface area contributed by atoms with Crippen LogP contribution in [0.1, 0.15) is 16.7 Å². The fraction of sp³-hybridized carbons (Fsp3) is 0.176. The van der Waals surface area contributed by atoms with Gasteiger partial charge in [-0.25, -0.2) is 9.59 Å². The summed E-state index contributed by atoms with van der Waals surface area (Å²) in [4.78, 5) is 18.2. The standard InChI is InChI=1S/C15H17NO.C2H2O4/c1-12-2-4-13(5-3-12)10-16-11-14-6-8-15(17)9-7-14;3-1(4)2(5)6/h2-9,16-17H,10-11H2,1H3;(H,3,4)(H,5,6). The average Bonchev–Trinajstić information content (AvgIpc) is 2.52. The number of phenolic OH excluding ortho intramolecular Hbond substituents is 1. The molecular formula is C17H19NO5. The summed E-state index contributed by atoms with van der Waals surface area (Å²) in [5, 5.41) is 27.3. The Balaban J connectivity index is 0.000000379. The van der Waals surface area contributed by atoms with Gasteiger partial charge in [-0.1, -0.05) is 42.0 Å². The fourth-order valence-corrected chi connectivity index (χ4v) is 1.67. The van der Waals surface area contributed by atoms with Crippen LogP contribution in [-0.4, -0.2) is 27.3 Å². The van der Waals surface area contributed by atoms with Gasteiger partial charge in [0, 0.05) is 13.1 Å². The maximum absolute atomic E-state index is 9.17. The number of aliphatic carboxylic acids is 2. The van der Waals surface area contributed by atoms with E-state index in [0.29, 0.717) is 5.75 Å². The number of carboxylic acids is 2. The Labute approximate surface area is 134 Å². The van der Waals surface area contributed by atoms with Crippen LogP contribution in [0.2, 0.25) is 0 Å². The predicted octanol–water partition coefficient (Wildman–Crippen LogP) is 2.15. The summed E-state index contributed by atoms with van der Waals surface area (Å²) in [6.45, 7) is 3.77. The van der Waals surface area contributed by atoms with E-state index in [4.69, 9.17) is 24.9 Å². The van der Waals surface area contributed by atoms with Crippen LogP contribution in [0, 0.1) is 6.92 Å². The minimum Gasteiger partial charge on any atom is -0.508 e. The van der Waals surface area contributed by atoms with Gasteiger partial charge in [-0.15, -0.1) is 0 Å². The van der Waals surface area contributed by atoms with Gasteiger partial charge in [0.15, 0.2) is 0 Å². The van der Waals surface area contributed by atoms with E-state index in [-0.39, 0.29) is 0 Å². The number of carboxylic acid groups (broad SMARTS) is 2. The molecule has 2 aromatic carbocycles. The molecule has 2 rings (SSSR count). The maximum atomic E-state index is 9.17. The first kappa shape index (κ1) is 18.2. The molecule has 0 spiro atoms. The molecular weight excluding hydrogens is 298 g/mol. The molecule has 0 saturated heterocycles. The molecule has 0 heterocycles. The number of carbonyl (C=O) groups is 2. The summed E-state index contributed by atoms with van der Waals surface area (Å²) in [5.41, 5.74) is 3.75. The first-order valence-electron chi connectivity index (χ1n) is 6.89. The van der Waals surface area contributed by atoms with Gasteiger partial charge in [0.05, 0.1) is 0 Å². The van der Waals surface area contributed by atoms with Crippen LogP contribution in [0.5, 0.6) is 5.75 Å². The molecule has 0 aliphatic heterocycles. The van der Waals surface area contributed by atoms with Crippen LogP contribution in [0.4, 0.5) is 0 Å². The molecule has 0 amide bonds. The molecule has 6 heteroatoms. The van der Waals surface area contributed by atoms with Gasteiger partial charge in [-0.3, -0.25) is 0 Å². The first-order chi connectivity index (χ1) is 10.9. The number of phenols is 1. The summed E-state index contributed by atoms with van der Waals surface area (Å²) in [5.74, 6) is -3.34. The van der Waals surface area contributed by atoms with Crippen molar-refractivity contribution in [3.63, 3.8) is 0 Å². The van der Waals surface area contributed by atoms with Crippen molar-refractivity contribution < 1.29 is 24.9 Å². The zero-order valence-corrected chi connectivity index (χ0v) is 12.7. The van der Waals surface area contributed by atoms with Gasteiger partial charge in [-0.05, 0) is 30.2 Å². The Morgan fingerprint density at radius 1 is 0.826 bits per heavy atom. The van der Waals surface area contributed by atoms with Crippen LogP contribution in [0.3, 0.4) is 0 Å². The Morgan fingerprint density at radius 3 is 1.61 bits per heavy atom. The summed E-state index contributed by atoms with van der Waals surface area (Å²) in [6.07, 6.45) is 0. The van der Waals surface area contributed by atoms with Crippen molar-refractivity contribution in [2.75, 3.05) is 0 Å². The molecule has 122 valence electrons. The molecule has 6 nitrogen and oxygen atoms in total. The van der Waals surface area contributed by atoms with Crippen LogP contribution in [-0.2, 0) is 22.7 Å².